The molecule has 0 aliphatic heterocycles. The first-order valence-corrected chi connectivity index (χ1v) is 13.8. The average molecular weight is 545 g/mol. The van der Waals surface area contributed by atoms with Gasteiger partial charge in [0.1, 0.15) is 18.7 Å². The SMILES string of the molecule is CSCC[C@H](NC(=O)OCc1ccccc1)C(=O)N[C@@H](Cc1ccccc1)C(=O)O[C@@H](CC(C)C)C(=O)O. The van der Waals surface area contributed by atoms with E-state index >= 15 is 0 Å². The van der Waals surface area contributed by atoms with Crippen LogP contribution in [0.25, 0.3) is 0 Å². The summed E-state index contributed by atoms with van der Waals surface area (Å²) in [6, 6.07) is 16.0. The van der Waals surface area contributed by atoms with Gasteiger partial charge >= 0.3 is 18.0 Å². The Bertz CT molecular complexity index is 1030. The first-order valence-electron chi connectivity index (χ1n) is 12.4. The molecule has 0 bridgehead atoms. The van der Waals surface area contributed by atoms with Crippen molar-refractivity contribution in [2.24, 2.45) is 5.92 Å². The summed E-state index contributed by atoms with van der Waals surface area (Å²) in [5.74, 6) is -2.15. The van der Waals surface area contributed by atoms with Crippen molar-refractivity contribution in [2.45, 2.75) is 57.9 Å². The summed E-state index contributed by atoms with van der Waals surface area (Å²) in [5.41, 5.74) is 1.55. The number of carboxylic acids is 1. The number of hydrogen-bond donors (Lipinski definition) is 3. The van der Waals surface area contributed by atoms with Crippen LogP contribution in [0.15, 0.2) is 60.7 Å². The van der Waals surface area contributed by atoms with Crippen LogP contribution in [0.5, 0.6) is 0 Å². The molecular formula is C28H36N2O7S. The molecule has 38 heavy (non-hydrogen) atoms. The smallest absolute Gasteiger partial charge is 0.408 e. The lowest BCUT2D eigenvalue weighted by molar-refractivity contribution is -0.166. The number of amides is 2. The molecule has 0 fully saturated rings. The molecule has 0 aromatic heterocycles. The van der Waals surface area contributed by atoms with Crippen molar-refractivity contribution < 1.29 is 33.8 Å². The van der Waals surface area contributed by atoms with E-state index in [-0.39, 0.29) is 25.4 Å². The number of esters is 1. The third-order valence-electron chi connectivity index (χ3n) is 5.53. The maximum Gasteiger partial charge on any atom is 0.408 e. The van der Waals surface area contributed by atoms with E-state index in [1.54, 1.807) is 24.3 Å². The second-order valence-corrected chi connectivity index (χ2v) is 10.2. The highest BCUT2D eigenvalue weighted by molar-refractivity contribution is 7.98. The Morgan fingerprint density at radius 3 is 2.05 bits per heavy atom. The Labute approximate surface area is 227 Å². The largest absolute Gasteiger partial charge is 0.479 e. The van der Waals surface area contributed by atoms with Gasteiger partial charge in [0.2, 0.25) is 5.91 Å². The molecule has 9 nitrogen and oxygen atoms in total. The molecule has 2 rings (SSSR count). The minimum atomic E-state index is -1.34. The first kappa shape index (κ1) is 30.7. The summed E-state index contributed by atoms with van der Waals surface area (Å²) in [6.45, 7) is 3.69. The predicted octanol–water partition coefficient (Wildman–Crippen LogP) is 3.80. The standard InChI is InChI=1S/C28H36N2O7S/c1-19(2)16-24(26(32)33)37-27(34)23(17-20-10-6-4-7-11-20)29-25(31)22(14-15-38-3)30-28(35)36-18-21-12-8-5-9-13-21/h4-13,19,22-24H,14-18H2,1-3H3,(H,29,31)(H,30,35)(H,32,33)/t22-,23-,24-/m0/s1. The fraction of sp³-hybridized carbons (Fsp3) is 0.429. The molecule has 0 spiro atoms. The molecule has 2 aromatic carbocycles. The number of carbonyl (C=O) groups is 4. The van der Waals surface area contributed by atoms with E-state index < -0.39 is 42.1 Å². The minimum absolute atomic E-state index is 0.0203. The van der Waals surface area contributed by atoms with E-state index in [9.17, 15) is 24.3 Å². The lowest BCUT2D eigenvalue weighted by atomic mass is 10.0. The molecular weight excluding hydrogens is 508 g/mol. The van der Waals surface area contributed by atoms with Crippen molar-refractivity contribution in [3.8, 4) is 0 Å². The van der Waals surface area contributed by atoms with Gasteiger partial charge < -0.3 is 25.2 Å². The lowest BCUT2D eigenvalue weighted by Gasteiger charge is -2.24. The quantitative estimate of drug-likeness (QED) is 0.289. The van der Waals surface area contributed by atoms with Gasteiger partial charge in [0.25, 0.3) is 0 Å². The number of carbonyl (C=O) groups excluding carboxylic acids is 3. The van der Waals surface area contributed by atoms with Gasteiger partial charge in [-0.05, 0) is 41.9 Å². The van der Waals surface area contributed by atoms with Crippen LogP contribution in [0.2, 0.25) is 0 Å². The van der Waals surface area contributed by atoms with Gasteiger partial charge in [-0.2, -0.15) is 11.8 Å². The van der Waals surface area contributed by atoms with Gasteiger partial charge in [-0.3, -0.25) is 4.79 Å². The third-order valence-corrected chi connectivity index (χ3v) is 6.18. The summed E-state index contributed by atoms with van der Waals surface area (Å²) >= 11 is 1.50. The van der Waals surface area contributed by atoms with Crippen LogP contribution >= 0.6 is 11.8 Å². The summed E-state index contributed by atoms with van der Waals surface area (Å²) < 4.78 is 10.6. The molecule has 206 valence electrons. The van der Waals surface area contributed by atoms with Gasteiger partial charge in [-0.15, -0.1) is 0 Å². The topological polar surface area (TPSA) is 131 Å². The van der Waals surface area contributed by atoms with Crippen molar-refractivity contribution in [3.63, 3.8) is 0 Å². The molecule has 3 atom stereocenters. The molecule has 0 radical (unpaired) electrons. The van der Waals surface area contributed by atoms with Crippen molar-refractivity contribution in [3.05, 3.63) is 71.8 Å². The second-order valence-electron chi connectivity index (χ2n) is 9.18. The van der Waals surface area contributed by atoms with Crippen LogP contribution in [-0.4, -0.2) is 59.2 Å². The fourth-order valence-electron chi connectivity index (χ4n) is 3.58. The molecule has 10 heteroatoms. The van der Waals surface area contributed by atoms with Crippen molar-refractivity contribution in [1.82, 2.24) is 10.6 Å². The van der Waals surface area contributed by atoms with Crippen LogP contribution < -0.4 is 10.6 Å². The zero-order valence-corrected chi connectivity index (χ0v) is 22.7. The molecule has 2 aromatic rings. The van der Waals surface area contributed by atoms with Crippen LogP contribution in [0.4, 0.5) is 4.79 Å². The predicted molar refractivity (Wildman–Crippen MR) is 146 cm³/mol. The zero-order chi connectivity index (χ0) is 27.9. The summed E-state index contributed by atoms with van der Waals surface area (Å²) in [7, 11) is 0. The van der Waals surface area contributed by atoms with Crippen LogP contribution in [-0.2, 0) is 36.9 Å². The molecule has 3 N–H and O–H groups in total. The Hall–Kier alpha value is -3.53. The van der Waals surface area contributed by atoms with E-state index in [1.165, 1.54) is 11.8 Å². The first-order chi connectivity index (χ1) is 18.2. The molecule has 0 heterocycles. The summed E-state index contributed by atoms with van der Waals surface area (Å²) in [5, 5.41) is 14.8. The lowest BCUT2D eigenvalue weighted by Crippen LogP contribution is -2.53. The Morgan fingerprint density at radius 2 is 1.50 bits per heavy atom. The van der Waals surface area contributed by atoms with Gasteiger partial charge in [-0.1, -0.05) is 74.5 Å². The Morgan fingerprint density at radius 1 is 0.895 bits per heavy atom. The zero-order valence-electron chi connectivity index (χ0n) is 21.9. The Balaban J connectivity index is 2.14. The van der Waals surface area contributed by atoms with E-state index in [4.69, 9.17) is 9.47 Å². The number of thioether (sulfide) groups is 1. The normalized spacial score (nSPS) is 13.2. The number of benzene rings is 2. The van der Waals surface area contributed by atoms with Gasteiger partial charge in [-0.25, -0.2) is 14.4 Å². The number of rotatable bonds is 15. The molecule has 0 saturated carbocycles. The molecule has 0 unspecified atom stereocenters. The molecule has 0 saturated heterocycles. The maximum atomic E-state index is 13.2. The van der Waals surface area contributed by atoms with Crippen LogP contribution in [0, 0.1) is 5.92 Å². The maximum absolute atomic E-state index is 13.2. The van der Waals surface area contributed by atoms with E-state index in [1.807, 2.05) is 56.5 Å². The fourth-order valence-corrected chi connectivity index (χ4v) is 4.05. The van der Waals surface area contributed by atoms with Crippen molar-refractivity contribution in [1.29, 1.82) is 0 Å². The number of carboxylic acid groups (broad SMARTS) is 1. The highest BCUT2D eigenvalue weighted by atomic mass is 32.2. The van der Waals surface area contributed by atoms with Crippen LogP contribution in [0.3, 0.4) is 0 Å². The molecule has 0 aliphatic carbocycles. The second kappa shape index (κ2) is 16.3. The average Bonchev–Trinajstić information content (AvgIpc) is 2.89. The summed E-state index contributed by atoms with van der Waals surface area (Å²) in [6.07, 6.45) is 0.298. The highest BCUT2D eigenvalue weighted by Crippen LogP contribution is 2.13. The number of ether oxygens (including phenoxy) is 2. The van der Waals surface area contributed by atoms with Crippen molar-refractivity contribution in [2.75, 3.05) is 12.0 Å². The van der Waals surface area contributed by atoms with E-state index in [2.05, 4.69) is 10.6 Å². The Kier molecular flexibility index (Phi) is 13.2. The highest BCUT2D eigenvalue weighted by Gasteiger charge is 2.31. The van der Waals surface area contributed by atoms with Gasteiger partial charge in [0.05, 0.1) is 0 Å². The minimum Gasteiger partial charge on any atom is -0.479 e. The number of hydrogen-bond acceptors (Lipinski definition) is 7. The van der Waals surface area contributed by atoms with E-state index in [0.29, 0.717) is 12.2 Å². The summed E-state index contributed by atoms with van der Waals surface area (Å²) in [4.78, 5) is 50.4. The van der Waals surface area contributed by atoms with Crippen molar-refractivity contribution >= 4 is 35.7 Å². The third kappa shape index (κ3) is 11.2. The number of nitrogens with one attached hydrogen (secondary N) is 2. The number of alkyl carbamates (subject to hydrolysis) is 1. The number of aliphatic carboxylic acids is 1. The monoisotopic (exact) mass is 544 g/mol. The van der Waals surface area contributed by atoms with Crippen LogP contribution in [0.1, 0.15) is 37.8 Å². The molecule has 0 aliphatic rings. The van der Waals surface area contributed by atoms with Gasteiger partial charge in [0.15, 0.2) is 6.10 Å². The van der Waals surface area contributed by atoms with E-state index in [0.717, 1.165) is 11.1 Å². The molecule has 2 amide bonds. The van der Waals surface area contributed by atoms with Gasteiger partial charge in [0, 0.05) is 6.42 Å².